The molecule has 0 saturated carbocycles. The number of piperidine rings is 1. The Bertz CT molecular complexity index is 1160. The Balaban J connectivity index is 1.21. The summed E-state index contributed by atoms with van der Waals surface area (Å²) in [6.07, 6.45) is 8.25. The molecule has 4 heterocycles. The van der Waals surface area contributed by atoms with E-state index in [1.807, 2.05) is 41.4 Å². The number of nitrogens with zero attached hydrogens (tertiary/aromatic N) is 4. The van der Waals surface area contributed by atoms with Gasteiger partial charge in [-0.25, -0.2) is 4.79 Å². The van der Waals surface area contributed by atoms with Crippen molar-refractivity contribution in [1.29, 1.82) is 0 Å². The Morgan fingerprint density at radius 2 is 1.97 bits per heavy atom. The molecule has 0 spiro atoms. The molecule has 2 N–H and O–H groups in total. The van der Waals surface area contributed by atoms with Gasteiger partial charge in [-0.2, -0.15) is 5.10 Å². The normalized spacial score (nSPS) is 17.7. The second kappa shape index (κ2) is 9.77. The molecule has 2 aliphatic heterocycles. The van der Waals surface area contributed by atoms with Crippen LogP contribution in [0.2, 0.25) is 5.02 Å². The Labute approximate surface area is 198 Å². The summed E-state index contributed by atoms with van der Waals surface area (Å²) in [4.78, 5) is 21.2. The third kappa shape index (κ3) is 4.94. The first-order valence-corrected chi connectivity index (χ1v) is 11.7. The molecule has 2 amide bonds. The van der Waals surface area contributed by atoms with Crippen LogP contribution in [-0.2, 0) is 19.5 Å². The van der Waals surface area contributed by atoms with Gasteiger partial charge in [0, 0.05) is 66.5 Å². The van der Waals surface area contributed by atoms with Gasteiger partial charge >= 0.3 is 6.03 Å². The first kappa shape index (κ1) is 21.7. The first-order chi connectivity index (χ1) is 16.2. The van der Waals surface area contributed by atoms with Crippen LogP contribution in [0, 0.1) is 0 Å². The van der Waals surface area contributed by atoms with Crippen LogP contribution in [0.4, 0.5) is 4.79 Å². The minimum atomic E-state index is -0.0711. The minimum Gasteiger partial charge on any atom is -0.320 e. The number of fused-ring (bicyclic) bond motifs is 1. The van der Waals surface area contributed by atoms with Gasteiger partial charge in [0.25, 0.3) is 0 Å². The smallest absolute Gasteiger partial charge is 0.320 e. The number of likely N-dealkylation sites (tertiary alicyclic amines) is 1. The lowest BCUT2D eigenvalue weighted by molar-refractivity contribution is 0.195. The van der Waals surface area contributed by atoms with E-state index in [9.17, 15) is 4.79 Å². The summed E-state index contributed by atoms with van der Waals surface area (Å²) < 4.78 is 0. The van der Waals surface area contributed by atoms with Crippen LogP contribution >= 0.6 is 11.6 Å². The lowest BCUT2D eigenvalue weighted by Crippen LogP contribution is -2.41. The van der Waals surface area contributed by atoms with Gasteiger partial charge < -0.3 is 10.2 Å². The number of nitrogens with one attached hydrogen (secondary N) is 2. The zero-order valence-electron chi connectivity index (χ0n) is 18.4. The Morgan fingerprint density at radius 3 is 2.82 bits per heavy atom. The molecule has 170 valence electrons. The molecule has 1 saturated heterocycles. The average Bonchev–Trinajstić information content (AvgIpc) is 3.28. The van der Waals surface area contributed by atoms with Crippen molar-refractivity contribution in [3.05, 3.63) is 82.4 Å². The van der Waals surface area contributed by atoms with Crippen molar-refractivity contribution in [3.8, 4) is 11.3 Å². The lowest BCUT2D eigenvalue weighted by Gasteiger charge is -2.30. The number of carbonyl (C=O) groups excluding carboxylic acids is 1. The molecule has 0 aliphatic carbocycles. The Kier molecular flexibility index (Phi) is 6.41. The van der Waals surface area contributed by atoms with Crippen LogP contribution in [0.15, 0.2) is 60.6 Å². The summed E-state index contributed by atoms with van der Waals surface area (Å²) in [6, 6.07) is 11.8. The van der Waals surface area contributed by atoms with Crippen LogP contribution in [0.25, 0.3) is 11.3 Å². The zero-order chi connectivity index (χ0) is 22.6. The number of benzene rings is 1. The van der Waals surface area contributed by atoms with Crippen LogP contribution in [0.1, 0.15) is 29.7 Å². The fraction of sp³-hybridized carbons (Fsp3) is 0.320. The van der Waals surface area contributed by atoms with E-state index < -0.39 is 0 Å². The number of halogens is 1. The highest BCUT2D eigenvalue weighted by molar-refractivity contribution is 6.31. The predicted molar refractivity (Wildman–Crippen MR) is 129 cm³/mol. The van der Waals surface area contributed by atoms with Crippen LogP contribution in [0.3, 0.4) is 0 Å². The third-order valence-electron chi connectivity index (χ3n) is 6.32. The maximum absolute atomic E-state index is 12.9. The molecule has 3 aromatic rings. The maximum Gasteiger partial charge on any atom is 0.321 e. The van der Waals surface area contributed by atoms with Gasteiger partial charge in [0.15, 0.2) is 0 Å². The number of urea groups is 1. The number of pyridine rings is 1. The van der Waals surface area contributed by atoms with Gasteiger partial charge in [0.05, 0.1) is 12.2 Å². The maximum atomic E-state index is 12.9. The second-order valence-electron chi connectivity index (χ2n) is 8.59. The number of carbonyl (C=O) groups is 1. The molecule has 8 heteroatoms. The molecule has 2 aliphatic rings. The van der Waals surface area contributed by atoms with Crippen molar-refractivity contribution in [3.63, 3.8) is 0 Å². The van der Waals surface area contributed by atoms with Crippen LogP contribution in [-0.4, -0.2) is 50.6 Å². The molecule has 7 nitrogen and oxygen atoms in total. The summed E-state index contributed by atoms with van der Waals surface area (Å²) in [5.41, 5.74) is 6.46. The van der Waals surface area contributed by atoms with E-state index in [1.54, 1.807) is 12.4 Å². The van der Waals surface area contributed by atoms with Crippen molar-refractivity contribution in [1.82, 2.24) is 30.3 Å². The van der Waals surface area contributed by atoms with Gasteiger partial charge in [-0.3, -0.25) is 15.0 Å². The van der Waals surface area contributed by atoms with Crippen molar-refractivity contribution >= 4 is 17.6 Å². The van der Waals surface area contributed by atoms with Crippen molar-refractivity contribution in [2.45, 2.75) is 32.4 Å². The molecular weight excluding hydrogens is 436 g/mol. The summed E-state index contributed by atoms with van der Waals surface area (Å²) in [7, 11) is 0. The van der Waals surface area contributed by atoms with E-state index in [-0.39, 0.29) is 6.03 Å². The topological polar surface area (TPSA) is 77.2 Å². The molecule has 5 rings (SSSR count). The van der Waals surface area contributed by atoms with Crippen molar-refractivity contribution in [2.24, 2.45) is 0 Å². The molecule has 1 aromatic carbocycles. The molecule has 1 fully saturated rings. The van der Waals surface area contributed by atoms with Crippen molar-refractivity contribution < 1.29 is 4.79 Å². The third-order valence-corrected chi connectivity index (χ3v) is 6.69. The van der Waals surface area contributed by atoms with E-state index in [0.29, 0.717) is 13.1 Å². The first-order valence-electron chi connectivity index (χ1n) is 11.3. The lowest BCUT2D eigenvalue weighted by atomic mass is 10.0. The van der Waals surface area contributed by atoms with E-state index in [2.05, 4.69) is 31.5 Å². The van der Waals surface area contributed by atoms with Gasteiger partial charge in [-0.05, 0) is 48.7 Å². The van der Waals surface area contributed by atoms with Crippen molar-refractivity contribution in [2.75, 3.05) is 19.6 Å². The monoisotopic (exact) mass is 462 g/mol. The molecule has 0 atom stereocenters. The summed E-state index contributed by atoms with van der Waals surface area (Å²) >= 11 is 6.33. The standard InChI is InChI=1S/C25H27ClN6O/c26-22-6-2-1-5-20(22)16-31-12-3-4-18(15-31)14-28-25(33)32-13-9-23-21(17-32)24(30-29-23)19-7-10-27-11-8-19/h1-2,5-8,10-11,14H,3-4,9,12-13,15-17H2,(H,28,33)(H,29,30)/b18-14-. The fourth-order valence-corrected chi connectivity index (χ4v) is 4.76. The Morgan fingerprint density at radius 1 is 1.12 bits per heavy atom. The van der Waals surface area contributed by atoms with E-state index in [0.717, 1.165) is 72.0 Å². The quantitative estimate of drug-likeness (QED) is 0.603. The molecule has 0 bridgehead atoms. The van der Waals surface area contributed by atoms with Gasteiger partial charge in [-0.1, -0.05) is 29.8 Å². The molecular formula is C25H27ClN6O. The zero-order valence-corrected chi connectivity index (χ0v) is 19.2. The summed E-state index contributed by atoms with van der Waals surface area (Å²) in [5, 5.41) is 11.5. The number of aromatic nitrogens is 3. The number of H-pyrrole nitrogens is 1. The van der Waals surface area contributed by atoms with E-state index in [4.69, 9.17) is 11.6 Å². The largest absolute Gasteiger partial charge is 0.321 e. The number of aromatic amines is 1. The SMILES string of the molecule is O=C(N/C=C1/CCCN(Cc2ccccc2Cl)C1)N1CCc2[nH]nc(-c3ccncc3)c2C1. The average molecular weight is 463 g/mol. The highest BCUT2D eigenvalue weighted by atomic mass is 35.5. The van der Waals surface area contributed by atoms with Gasteiger partial charge in [0.1, 0.15) is 0 Å². The van der Waals surface area contributed by atoms with Gasteiger partial charge in [-0.15, -0.1) is 0 Å². The minimum absolute atomic E-state index is 0.0711. The summed E-state index contributed by atoms with van der Waals surface area (Å²) in [5.74, 6) is 0. The van der Waals surface area contributed by atoms with E-state index >= 15 is 0 Å². The molecule has 0 unspecified atom stereocenters. The predicted octanol–water partition coefficient (Wildman–Crippen LogP) is 4.37. The summed E-state index contributed by atoms with van der Waals surface area (Å²) in [6.45, 7) is 3.89. The van der Waals surface area contributed by atoms with Crippen LogP contribution < -0.4 is 5.32 Å². The highest BCUT2D eigenvalue weighted by Gasteiger charge is 2.25. The highest BCUT2D eigenvalue weighted by Crippen LogP contribution is 2.28. The molecule has 2 aromatic heterocycles. The van der Waals surface area contributed by atoms with E-state index in [1.165, 1.54) is 5.57 Å². The number of rotatable bonds is 4. The molecule has 33 heavy (non-hydrogen) atoms. The van der Waals surface area contributed by atoms with Crippen LogP contribution in [0.5, 0.6) is 0 Å². The van der Waals surface area contributed by atoms with Gasteiger partial charge in [0.2, 0.25) is 0 Å². The molecule has 0 radical (unpaired) electrons. The number of amides is 2. The number of hydrogen-bond acceptors (Lipinski definition) is 4. The number of hydrogen-bond donors (Lipinski definition) is 2. The second-order valence-corrected chi connectivity index (χ2v) is 9.00. The fourth-order valence-electron chi connectivity index (χ4n) is 4.57. The Hall–Kier alpha value is -3.16.